The number of methoxy groups -OCH3 is 1. The van der Waals surface area contributed by atoms with Gasteiger partial charge in [0, 0.05) is 5.56 Å². The molecule has 0 aliphatic carbocycles. The molecule has 0 aromatic heterocycles. The average Bonchev–Trinajstić information content (AvgIpc) is 2.83. The van der Waals surface area contributed by atoms with Crippen LogP contribution >= 0.6 is 0 Å². The fourth-order valence-corrected chi connectivity index (χ4v) is 4.04. The van der Waals surface area contributed by atoms with E-state index < -0.39 is 5.97 Å². The van der Waals surface area contributed by atoms with Gasteiger partial charge in [0.1, 0.15) is 23.9 Å². The third-order valence-electron chi connectivity index (χ3n) is 5.62. The number of rotatable bonds is 10. The summed E-state index contributed by atoms with van der Waals surface area (Å²) in [6.45, 7) is 6.27. The molecule has 182 valence electrons. The van der Waals surface area contributed by atoms with Gasteiger partial charge in [-0.2, -0.15) is 0 Å². The van der Waals surface area contributed by atoms with Crippen LogP contribution in [0.25, 0.3) is 11.1 Å². The molecule has 3 aromatic rings. The molecule has 0 fully saturated rings. The highest BCUT2D eigenvalue weighted by atomic mass is 19.1. The summed E-state index contributed by atoms with van der Waals surface area (Å²) in [5.74, 6) is 5.92. The van der Waals surface area contributed by atoms with Gasteiger partial charge >= 0.3 is 5.97 Å². The van der Waals surface area contributed by atoms with E-state index in [9.17, 15) is 14.3 Å². The maximum absolute atomic E-state index is 14.7. The Morgan fingerprint density at radius 3 is 2.49 bits per heavy atom. The first kappa shape index (κ1) is 25.8. The van der Waals surface area contributed by atoms with Crippen LogP contribution in [0.5, 0.6) is 11.5 Å². The van der Waals surface area contributed by atoms with Crippen LogP contribution in [0.2, 0.25) is 0 Å². The highest BCUT2D eigenvalue weighted by Crippen LogP contribution is 2.33. The van der Waals surface area contributed by atoms with Crippen LogP contribution in [-0.4, -0.2) is 18.2 Å². The predicted octanol–water partition coefficient (Wildman–Crippen LogP) is 6.86. The second-order valence-electron chi connectivity index (χ2n) is 8.84. The van der Waals surface area contributed by atoms with Gasteiger partial charge in [-0.15, -0.1) is 5.92 Å². The van der Waals surface area contributed by atoms with E-state index >= 15 is 0 Å². The standard InChI is InChI=1S/C30H31FO4/c1-5-7-22(17-30(32)33)23-9-6-8-21(15-23)19-35-26-10-12-27(24(16-26)14-20(2)3)28-18-25(34-4)11-13-29(28)31/h6,8-13,15-16,18,20,22H,14,17,19H2,1-4H3,(H,32,33). The van der Waals surface area contributed by atoms with Crippen molar-refractivity contribution < 1.29 is 23.8 Å². The van der Waals surface area contributed by atoms with Gasteiger partial charge in [0.05, 0.1) is 19.4 Å². The minimum atomic E-state index is -0.885. The molecule has 1 N–H and O–H groups in total. The SMILES string of the molecule is CC#CC(CC(=O)O)c1cccc(COc2ccc(-c3cc(OC)ccc3F)c(CC(C)C)c2)c1. The van der Waals surface area contributed by atoms with Gasteiger partial charge in [0.2, 0.25) is 0 Å². The van der Waals surface area contributed by atoms with Gasteiger partial charge in [-0.1, -0.05) is 50.1 Å². The maximum atomic E-state index is 14.7. The second kappa shape index (κ2) is 12.1. The smallest absolute Gasteiger partial charge is 0.304 e. The Bertz CT molecular complexity index is 1240. The molecule has 0 saturated carbocycles. The molecule has 0 saturated heterocycles. The monoisotopic (exact) mass is 474 g/mol. The summed E-state index contributed by atoms with van der Waals surface area (Å²) in [7, 11) is 1.57. The zero-order chi connectivity index (χ0) is 25.4. The highest BCUT2D eigenvalue weighted by molar-refractivity contribution is 5.70. The maximum Gasteiger partial charge on any atom is 0.304 e. The summed E-state index contributed by atoms with van der Waals surface area (Å²) in [6.07, 6.45) is 0.719. The summed E-state index contributed by atoms with van der Waals surface area (Å²) >= 11 is 0. The van der Waals surface area contributed by atoms with Crippen molar-refractivity contribution in [2.45, 2.75) is 46.1 Å². The fourth-order valence-electron chi connectivity index (χ4n) is 4.04. The Balaban J connectivity index is 1.85. The van der Waals surface area contributed by atoms with Gasteiger partial charge < -0.3 is 14.6 Å². The van der Waals surface area contributed by atoms with Crippen molar-refractivity contribution in [3.63, 3.8) is 0 Å². The Kier molecular flexibility index (Phi) is 8.92. The topological polar surface area (TPSA) is 55.8 Å². The summed E-state index contributed by atoms with van der Waals surface area (Å²) in [5.41, 5.74) is 4.09. The van der Waals surface area contributed by atoms with Crippen molar-refractivity contribution in [1.29, 1.82) is 0 Å². The number of benzene rings is 3. The van der Waals surface area contributed by atoms with E-state index in [1.807, 2.05) is 42.5 Å². The third kappa shape index (κ3) is 7.10. The zero-order valence-electron chi connectivity index (χ0n) is 20.6. The minimum Gasteiger partial charge on any atom is -0.497 e. The van der Waals surface area contributed by atoms with Crippen molar-refractivity contribution in [2.24, 2.45) is 5.92 Å². The number of halogens is 1. The molecule has 0 aliphatic heterocycles. The lowest BCUT2D eigenvalue weighted by atomic mass is 9.93. The molecular weight excluding hydrogens is 443 g/mol. The van der Waals surface area contributed by atoms with Gasteiger partial charge in [-0.3, -0.25) is 4.79 Å². The molecule has 3 rings (SSSR count). The van der Waals surface area contributed by atoms with E-state index in [-0.39, 0.29) is 18.2 Å². The Hall–Kier alpha value is -3.78. The van der Waals surface area contributed by atoms with Crippen molar-refractivity contribution in [2.75, 3.05) is 7.11 Å². The van der Waals surface area contributed by atoms with Crippen LogP contribution < -0.4 is 9.47 Å². The number of hydrogen-bond donors (Lipinski definition) is 1. The molecule has 3 aromatic carbocycles. The number of carboxylic acid groups (broad SMARTS) is 1. The molecule has 0 aliphatic rings. The number of hydrogen-bond acceptors (Lipinski definition) is 3. The summed E-state index contributed by atoms with van der Waals surface area (Å²) in [6, 6.07) is 18.1. The quantitative estimate of drug-likeness (QED) is 0.326. The molecule has 0 radical (unpaired) electrons. The first-order valence-corrected chi connectivity index (χ1v) is 11.6. The Morgan fingerprint density at radius 1 is 1.03 bits per heavy atom. The first-order valence-electron chi connectivity index (χ1n) is 11.6. The Labute approximate surface area is 206 Å². The van der Waals surface area contributed by atoms with Crippen molar-refractivity contribution >= 4 is 5.97 Å². The average molecular weight is 475 g/mol. The lowest BCUT2D eigenvalue weighted by Crippen LogP contribution is -2.06. The molecule has 0 amide bonds. The molecular formula is C30H31FO4. The molecule has 5 heteroatoms. The Morgan fingerprint density at radius 2 is 1.80 bits per heavy atom. The third-order valence-corrected chi connectivity index (χ3v) is 5.62. The summed E-state index contributed by atoms with van der Waals surface area (Å²) in [5, 5.41) is 9.21. The predicted molar refractivity (Wildman–Crippen MR) is 136 cm³/mol. The lowest BCUT2D eigenvalue weighted by Gasteiger charge is -2.16. The van der Waals surface area contributed by atoms with Crippen molar-refractivity contribution in [3.8, 4) is 34.5 Å². The van der Waals surface area contributed by atoms with E-state index in [2.05, 4.69) is 25.7 Å². The molecule has 35 heavy (non-hydrogen) atoms. The van der Waals surface area contributed by atoms with Gasteiger partial charge in [0.25, 0.3) is 0 Å². The summed E-state index contributed by atoms with van der Waals surface area (Å²) < 4.78 is 26.1. The van der Waals surface area contributed by atoms with Crippen LogP contribution in [0.4, 0.5) is 4.39 Å². The highest BCUT2D eigenvalue weighted by Gasteiger charge is 2.15. The van der Waals surface area contributed by atoms with E-state index in [0.717, 1.165) is 28.7 Å². The molecule has 4 nitrogen and oxygen atoms in total. The van der Waals surface area contributed by atoms with Crippen molar-refractivity contribution in [1.82, 2.24) is 0 Å². The van der Waals surface area contributed by atoms with Crippen LogP contribution in [0, 0.1) is 23.6 Å². The molecule has 0 heterocycles. The number of aliphatic carboxylic acids is 1. The van der Waals surface area contributed by atoms with Crippen LogP contribution in [-0.2, 0) is 17.8 Å². The van der Waals surface area contributed by atoms with Gasteiger partial charge in [-0.05, 0) is 71.8 Å². The van der Waals surface area contributed by atoms with Gasteiger partial charge in [-0.25, -0.2) is 4.39 Å². The normalized spacial score (nSPS) is 11.5. The molecule has 1 atom stereocenters. The lowest BCUT2D eigenvalue weighted by molar-refractivity contribution is -0.137. The first-order chi connectivity index (χ1) is 16.8. The number of carbonyl (C=O) groups is 1. The molecule has 0 bridgehead atoms. The second-order valence-corrected chi connectivity index (χ2v) is 8.84. The van der Waals surface area contributed by atoms with Crippen LogP contribution in [0.3, 0.4) is 0 Å². The fraction of sp³-hybridized carbons (Fsp3) is 0.300. The zero-order valence-corrected chi connectivity index (χ0v) is 20.6. The largest absolute Gasteiger partial charge is 0.497 e. The van der Waals surface area contributed by atoms with Crippen molar-refractivity contribution in [3.05, 3.63) is 83.2 Å². The molecule has 1 unspecified atom stereocenters. The van der Waals surface area contributed by atoms with E-state index in [1.165, 1.54) is 6.07 Å². The van der Waals surface area contributed by atoms with E-state index in [4.69, 9.17) is 9.47 Å². The van der Waals surface area contributed by atoms with Gasteiger partial charge in [0.15, 0.2) is 0 Å². The number of ether oxygens (including phenoxy) is 2. The number of carboxylic acids is 1. The molecule has 0 spiro atoms. The van der Waals surface area contributed by atoms with E-state index in [1.54, 1.807) is 26.2 Å². The van der Waals surface area contributed by atoms with Crippen LogP contribution in [0.1, 0.15) is 49.8 Å². The summed E-state index contributed by atoms with van der Waals surface area (Å²) in [4.78, 5) is 11.2. The minimum absolute atomic E-state index is 0.0496. The van der Waals surface area contributed by atoms with Crippen LogP contribution in [0.15, 0.2) is 60.7 Å². The van der Waals surface area contributed by atoms with E-state index in [0.29, 0.717) is 29.6 Å².